The summed E-state index contributed by atoms with van der Waals surface area (Å²) in [5, 5.41) is 3.39. The van der Waals surface area contributed by atoms with E-state index in [1.807, 2.05) is 12.1 Å². The van der Waals surface area contributed by atoms with Crippen LogP contribution < -0.4 is 5.32 Å². The summed E-state index contributed by atoms with van der Waals surface area (Å²) in [6.07, 6.45) is 2.33. The van der Waals surface area contributed by atoms with Gasteiger partial charge in [0, 0.05) is 24.8 Å². The SMILES string of the molecule is CC1CC(NCc2ccccc2F)CCO1. The molecule has 2 atom stereocenters. The number of hydrogen-bond acceptors (Lipinski definition) is 2. The smallest absolute Gasteiger partial charge is 0.127 e. The average molecular weight is 223 g/mol. The zero-order valence-corrected chi connectivity index (χ0v) is 9.58. The van der Waals surface area contributed by atoms with Crippen LogP contribution in [0.25, 0.3) is 0 Å². The molecule has 1 saturated heterocycles. The van der Waals surface area contributed by atoms with Crippen molar-refractivity contribution in [1.29, 1.82) is 0 Å². The maximum atomic E-state index is 13.4. The molecule has 0 aliphatic carbocycles. The minimum atomic E-state index is -0.130. The van der Waals surface area contributed by atoms with Crippen LogP contribution in [0.5, 0.6) is 0 Å². The van der Waals surface area contributed by atoms with Crippen molar-refractivity contribution < 1.29 is 9.13 Å². The molecule has 2 nitrogen and oxygen atoms in total. The van der Waals surface area contributed by atoms with Crippen LogP contribution in [0.3, 0.4) is 0 Å². The Balaban J connectivity index is 1.85. The molecule has 2 rings (SSSR count). The average Bonchev–Trinajstić information content (AvgIpc) is 2.28. The van der Waals surface area contributed by atoms with Gasteiger partial charge in [-0.15, -0.1) is 0 Å². The zero-order chi connectivity index (χ0) is 11.4. The summed E-state index contributed by atoms with van der Waals surface area (Å²) in [6.45, 7) is 3.48. The summed E-state index contributed by atoms with van der Waals surface area (Å²) in [5.41, 5.74) is 0.738. The Morgan fingerprint density at radius 3 is 3.00 bits per heavy atom. The van der Waals surface area contributed by atoms with E-state index in [0.29, 0.717) is 18.7 Å². The highest BCUT2D eigenvalue weighted by Crippen LogP contribution is 2.14. The molecule has 0 spiro atoms. The number of nitrogens with one attached hydrogen (secondary N) is 1. The van der Waals surface area contributed by atoms with Crippen LogP contribution in [0.15, 0.2) is 24.3 Å². The van der Waals surface area contributed by atoms with Gasteiger partial charge in [-0.2, -0.15) is 0 Å². The quantitative estimate of drug-likeness (QED) is 0.850. The monoisotopic (exact) mass is 223 g/mol. The fourth-order valence-corrected chi connectivity index (χ4v) is 2.08. The molecule has 16 heavy (non-hydrogen) atoms. The third-order valence-electron chi connectivity index (χ3n) is 3.02. The van der Waals surface area contributed by atoms with Gasteiger partial charge < -0.3 is 10.1 Å². The maximum absolute atomic E-state index is 13.4. The summed E-state index contributed by atoms with van der Waals surface area (Å²) in [4.78, 5) is 0. The highest BCUT2D eigenvalue weighted by Gasteiger charge is 2.18. The van der Waals surface area contributed by atoms with Crippen molar-refractivity contribution in [2.75, 3.05) is 6.61 Å². The van der Waals surface area contributed by atoms with Crippen molar-refractivity contribution in [1.82, 2.24) is 5.32 Å². The van der Waals surface area contributed by atoms with E-state index in [0.717, 1.165) is 25.0 Å². The molecule has 1 aliphatic rings. The lowest BCUT2D eigenvalue weighted by Crippen LogP contribution is -2.37. The van der Waals surface area contributed by atoms with Gasteiger partial charge in [0.1, 0.15) is 5.82 Å². The topological polar surface area (TPSA) is 21.3 Å². The van der Waals surface area contributed by atoms with Gasteiger partial charge in [0.15, 0.2) is 0 Å². The molecule has 0 amide bonds. The van der Waals surface area contributed by atoms with Crippen molar-refractivity contribution >= 4 is 0 Å². The van der Waals surface area contributed by atoms with Crippen molar-refractivity contribution in [3.8, 4) is 0 Å². The lowest BCUT2D eigenvalue weighted by Gasteiger charge is -2.28. The van der Waals surface area contributed by atoms with Gasteiger partial charge in [-0.25, -0.2) is 4.39 Å². The van der Waals surface area contributed by atoms with Crippen LogP contribution in [0.2, 0.25) is 0 Å². The lowest BCUT2D eigenvalue weighted by atomic mass is 10.0. The number of hydrogen-bond donors (Lipinski definition) is 1. The van der Waals surface area contributed by atoms with Gasteiger partial charge in [0.05, 0.1) is 6.10 Å². The van der Waals surface area contributed by atoms with Gasteiger partial charge in [-0.3, -0.25) is 0 Å². The third-order valence-corrected chi connectivity index (χ3v) is 3.02. The minimum Gasteiger partial charge on any atom is -0.378 e. The Morgan fingerprint density at radius 2 is 2.25 bits per heavy atom. The van der Waals surface area contributed by atoms with Gasteiger partial charge in [-0.1, -0.05) is 18.2 Å². The first-order valence-electron chi connectivity index (χ1n) is 5.84. The Labute approximate surface area is 95.8 Å². The molecule has 3 heteroatoms. The number of ether oxygens (including phenoxy) is 1. The Hall–Kier alpha value is -0.930. The number of rotatable bonds is 3. The highest BCUT2D eigenvalue weighted by molar-refractivity contribution is 5.17. The first-order valence-corrected chi connectivity index (χ1v) is 5.84. The molecule has 1 heterocycles. The van der Waals surface area contributed by atoms with E-state index in [4.69, 9.17) is 4.74 Å². The molecular formula is C13H18FNO. The van der Waals surface area contributed by atoms with E-state index in [1.165, 1.54) is 6.07 Å². The molecule has 1 N–H and O–H groups in total. The second kappa shape index (κ2) is 5.41. The Kier molecular flexibility index (Phi) is 3.91. The van der Waals surface area contributed by atoms with Crippen molar-refractivity contribution in [3.63, 3.8) is 0 Å². The van der Waals surface area contributed by atoms with Crippen LogP contribution in [0.4, 0.5) is 4.39 Å². The van der Waals surface area contributed by atoms with Gasteiger partial charge in [-0.05, 0) is 25.8 Å². The standard InChI is InChI=1S/C13H18FNO/c1-10-8-12(6-7-16-10)15-9-11-4-2-3-5-13(11)14/h2-5,10,12,15H,6-9H2,1H3. The number of benzene rings is 1. The van der Waals surface area contributed by atoms with Crippen LogP contribution in [-0.2, 0) is 11.3 Å². The van der Waals surface area contributed by atoms with E-state index in [9.17, 15) is 4.39 Å². The third kappa shape index (κ3) is 3.03. The van der Waals surface area contributed by atoms with E-state index in [-0.39, 0.29) is 5.82 Å². The zero-order valence-electron chi connectivity index (χ0n) is 9.58. The molecule has 1 fully saturated rings. The second-order valence-corrected chi connectivity index (χ2v) is 4.38. The van der Waals surface area contributed by atoms with E-state index < -0.39 is 0 Å². The molecule has 0 radical (unpaired) electrons. The molecule has 0 saturated carbocycles. The molecular weight excluding hydrogens is 205 g/mol. The fourth-order valence-electron chi connectivity index (χ4n) is 2.08. The summed E-state index contributed by atoms with van der Waals surface area (Å²) in [7, 11) is 0. The normalized spacial score (nSPS) is 25.6. The molecule has 0 bridgehead atoms. The summed E-state index contributed by atoms with van der Waals surface area (Å²) in [5.74, 6) is -0.130. The Bertz CT molecular complexity index is 342. The van der Waals surface area contributed by atoms with Gasteiger partial charge >= 0.3 is 0 Å². The highest BCUT2D eigenvalue weighted by atomic mass is 19.1. The fraction of sp³-hybridized carbons (Fsp3) is 0.538. The summed E-state index contributed by atoms with van der Waals surface area (Å²) >= 11 is 0. The predicted octanol–water partition coefficient (Wildman–Crippen LogP) is 2.48. The molecule has 1 aromatic rings. The largest absolute Gasteiger partial charge is 0.378 e. The Morgan fingerprint density at radius 1 is 1.44 bits per heavy atom. The maximum Gasteiger partial charge on any atom is 0.127 e. The van der Waals surface area contributed by atoms with Gasteiger partial charge in [0.2, 0.25) is 0 Å². The molecule has 0 aromatic heterocycles. The van der Waals surface area contributed by atoms with Crippen molar-refractivity contribution in [3.05, 3.63) is 35.6 Å². The molecule has 1 aromatic carbocycles. The van der Waals surface area contributed by atoms with Crippen LogP contribution in [0.1, 0.15) is 25.3 Å². The summed E-state index contributed by atoms with van der Waals surface area (Å²) < 4.78 is 18.8. The minimum absolute atomic E-state index is 0.130. The summed E-state index contributed by atoms with van der Waals surface area (Å²) in [6, 6.07) is 7.36. The first-order chi connectivity index (χ1) is 7.75. The van der Waals surface area contributed by atoms with Crippen molar-refractivity contribution in [2.45, 2.75) is 38.5 Å². The van der Waals surface area contributed by atoms with E-state index in [2.05, 4.69) is 12.2 Å². The van der Waals surface area contributed by atoms with Crippen LogP contribution in [-0.4, -0.2) is 18.8 Å². The van der Waals surface area contributed by atoms with Gasteiger partial charge in [0.25, 0.3) is 0 Å². The molecule has 1 aliphatic heterocycles. The predicted molar refractivity (Wildman–Crippen MR) is 61.7 cm³/mol. The van der Waals surface area contributed by atoms with Crippen LogP contribution >= 0.6 is 0 Å². The van der Waals surface area contributed by atoms with E-state index >= 15 is 0 Å². The number of halogens is 1. The molecule has 2 unspecified atom stereocenters. The van der Waals surface area contributed by atoms with Crippen LogP contribution in [0, 0.1) is 5.82 Å². The molecule has 88 valence electrons. The second-order valence-electron chi connectivity index (χ2n) is 4.38. The van der Waals surface area contributed by atoms with Crippen molar-refractivity contribution in [2.24, 2.45) is 0 Å². The lowest BCUT2D eigenvalue weighted by molar-refractivity contribution is 0.0130. The van der Waals surface area contributed by atoms with E-state index in [1.54, 1.807) is 6.07 Å². The first kappa shape index (κ1) is 11.6.